The second-order valence-corrected chi connectivity index (χ2v) is 5.57. The van der Waals surface area contributed by atoms with Crippen LogP contribution in [0.3, 0.4) is 0 Å². The lowest BCUT2D eigenvalue weighted by Crippen LogP contribution is -2.21. The average molecular weight is 285 g/mol. The lowest BCUT2D eigenvalue weighted by molar-refractivity contribution is 0.536. The highest BCUT2D eigenvalue weighted by Gasteiger charge is 2.07. The van der Waals surface area contributed by atoms with Gasteiger partial charge in [-0.2, -0.15) is 5.26 Å². The first-order valence-electron chi connectivity index (χ1n) is 7.13. The summed E-state index contributed by atoms with van der Waals surface area (Å²) in [5, 5.41) is 12.2. The summed E-state index contributed by atoms with van der Waals surface area (Å²) >= 11 is 0. The molecule has 0 fully saturated rings. The summed E-state index contributed by atoms with van der Waals surface area (Å²) in [5.74, 6) is 0.272. The molecule has 0 saturated heterocycles. The second kappa shape index (κ2) is 7.05. The van der Waals surface area contributed by atoms with Gasteiger partial charge in [0, 0.05) is 24.0 Å². The van der Waals surface area contributed by atoms with Crippen LogP contribution in [-0.2, 0) is 13.1 Å². The summed E-state index contributed by atoms with van der Waals surface area (Å²) in [6, 6.07) is 10.6. The summed E-state index contributed by atoms with van der Waals surface area (Å²) < 4.78 is 16.0. The molecule has 0 aliphatic carbocycles. The molecular formula is C17H20FN3. The molecule has 0 atom stereocenters. The maximum Gasteiger partial charge on any atom is 0.129 e. The number of nitrogens with zero attached hydrogens (tertiary/aromatic N) is 2. The first-order chi connectivity index (χ1) is 10.1. The Morgan fingerprint density at radius 3 is 2.81 bits per heavy atom. The van der Waals surface area contributed by atoms with E-state index in [0.29, 0.717) is 23.6 Å². The van der Waals surface area contributed by atoms with Gasteiger partial charge in [0.1, 0.15) is 5.82 Å². The van der Waals surface area contributed by atoms with E-state index >= 15 is 0 Å². The van der Waals surface area contributed by atoms with Crippen molar-refractivity contribution in [1.82, 2.24) is 9.88 Å². The van der Waals surface area contributed by atoms with Gasteiger partial charge in [0.2, 0.25) is 0 Å². The van der Waals surface area contributed by atoms with E-state index in [0.717, 1.165) is 18.8 Å². The van der Waals surface area contributed by atoms with Crippen molar-refractivity contribution in [1.29, 1.82) is 5.26 Å². The first-order valence-corrected chi connectivity index (χ1v) is 7.13. The summed E-state index contributed by atoms with van der Waals surface area (Å²) in [7, 11) is 0. The quantitative estimate of drug-likeness (QED) is 0.884. The molecule has 1 aromatic heterocycles. The molecule has 0 bridgehead atoms. The molecule has 0 aliphatic rings. The highest BCUT2D eigenvalue weighted by molar-refractivity contribution is 5.33. The van der Waals surface area contributed by atoms with Gasteiger partial charge in [0.25, 0.3) is 0 Å². The van der Waals surface area contributed by atoms with Crippen LogP contribution in [0.2, 0.25) is 0 Å². The Labute approximate surface area is 125 Å². The molecule has 0 spiro atoms. The van der Waals surface area contributed by atoms with Crippen LogP contribution in [0, 0.1) is 23.1 Å². The van der Waals surface area contributed by atoms with Gasteiger partial charge < -0.3 is 9.88 Å². The Morgan fingerprint density at radius 1 is 1.33 bits per heavy atom. The van der Waals surface area contributed by atoms with Gasteiger partial charge in [-0.3, -0.25) is 0 Å². The summed E-state index contributed by atoms with van der Waals surface area (Å²) in [4.78, 5) is 0. The fraction of sp³-hybridized carbons (Fsp3) is 0.353. The number of halogens is 1. The lowest BCUT2D eigenvalue weighted by atomic mass is 10.1. The molecule has 0 unspecified atom stereocenters. The maximum absolute atomic E-state index is 13.9. The first kappa shape index (κ1) is 15.3. The van der Waals surface area contributed by atoms with Crippen molar-refractivity contribution in [2.75, 3.05) is 6.54 Å². The van der Waals surface area contributed by atoms with E-state index in [-0.39, 0.29) is 5.82 Å². The zero-order valence-electron chi connectivity index (χ0n) is 12.4. The number of aromatic nitrogens is 1. The van der Waals surface area contributed by atoms with E-state index in [1.807, 2.05) is 29.0 Å². The predicted octanol–water partition coefficient (Wildman–Crippen LogP) is 3.29. The zero-order valence-corrected chi connectivity index (χ0v) is 12.4. The number of hydrogen-bond acceptors (Lipinski definition) is 2. The van der Waals surface area contributed by atoms with Crippen LogP contribution in [0.1, 0.15) is 30.7 Å². The van der Waals surface area contributed by atoms with Crippen LogP contribution >= 0.6 is 0 Å². The van der Waals surface area contributed by atoms with E-state index in [1.165, 1.54) is 6.07 Å². The molecule has 0 saturated carbocycles. The van der Waals surface area contributed by atoms with Crippen LogP contribution in [0.15, 0.2) is 36.5 Å². The molecule has 0 aliphatic heterocycles. The molecule has 1 N–H and O–H groups in total. The molecule has 0 radical (unpaired) electrons. The van der Waals surface area contributed by atoms with Gasteiger partial charge in [-0.05, 0) is 36.7 Å². The van der Waals surface area contributed by atoms with Gasteiger partial charge in [-0.15, -0.1) is 0 Å². The Hall–Kier alpha value is -2.12. The second-order valence-electron chi connectivity index (χ2n) is 5.57. The van der Waals surface area contributed by atoms with Gasteiger partial charge >= 0.3 is 0 Å². The molecule has 3 nitrogen and oxygen atoms in total. The Morgan fingerprint density at radius 2 is 2.14 bits per heavy atom. The topological polar surface area (TPSA) is 40.8 Å². The summed E-state index contributed by atoms with van der Waals surface area (Å²) in [6.45, 7) is 6.53. The number of hydrogen-bond donors (Lipinski definition) is 1. The molecule has 1 aromatic carbocycles. The van der Waals surface area contributed by atoms with Gasteiger partial charge in [-0.1, -0.05) is 19.9 Å². The predicted molar refractivity (Wildman–Crippen MR) is 81.2 cm³/mol. The normalized spacial score (nSPS) is 10.8. The van der Waals surface area contributed by atoms with E-state index in [1.54, 1.807) is 12.1 Å². The van der Waals surface area contributed by atoms with Gasteiger partial charge in [-0.25, -0.2) is 4.39 Å². The molecule has 2 aromatic rings. The standard InChI is InChI=1S/C17H20FN3/c1-13(2)10-20-11-16-4-3-7-21(16)12-15-6-5-14(9-19)8-17(15)18/h3-8,13,20H,10-12H2,1-2H3. The number of benzene rings is 1. The van der Waals surface area contributed by atoms with E-state index in [4.69, 9.17) is 5.26 Å². The van der Waals surface area contributed by atoms with Gasteiger partial charge in [0.05, 0.1) is 18.2 Å². The van der Waals surface area contributed by atoms with E-state index in [2.05, 4.69) is 19.2 Å². The minimum Gasteiger partial charge on any atom is -0.346 e. The number of nitriles is 1. The third-order valence-electron chi connectivity index (χ3n) is 3.31. The molecular weight excluding hydrogens is 265 g/mol. The SMILES string of the molecule is CC(C)CNCc1cccn1Cc1ccc(C#N)cc1F. The smallest absolute Gasteiger partial charge is 0.129 e. The highest BCUT2D eigenvalue weighted by atomic mass is 19.1. The van der Waals surface area contributed by atoms with Crippen molar-refractivity contribution in [3.05, 3.63) is 59.2 Å². The van der Waals surface area contributed by atoms with Crippen molar-refractivity contribution in [3.8, 4) is 6.07 Å². The van der Waals surface area contributed by atoms with Crippen molar-refractivity contribution < 1.29 is 4.39 Å². The van der Waals surface area contributed by atoms with Crippen molar-refractivity contribution >= 4 is 0 Å². The van der Waals surface area contributed by atoms with Crippen LogP contribution < -0.4 is 5.32 Å². The van der Waals surface area contributed by atoms with E-state index in [9.17, 15) is 4.39 Å². The monoisotopic (exact) mass is 285 g/mol. The third kappa shape index (κ3) is 4.17. The third-order valence-corrected chi connectivity index (χ3v) is 3.31. The highest BCUT2D eigenvalue weighted by Crippen LogP contribution is 2.13. The fourth-order valence-electron chi connectivity index (χ4n) is 2.18. The van der Waals surface area contributed by atoms with Crippen molar-refractivity contribution in [3.63, 3.8) is 0 Å². The van der Waals surface area contributed by atoms with Crippen LogP contribution in [0.5, 0.6) is 0 Å². The van der Waals surface area contributed by atoms with Gasteiger partial charge in [0.15, 0.2) is 0 Å². The maximum atomic E-state index is 13.9. The van der Waals surface area contributed by atoms with Crippen LogP contribution in [-0.4, -0.2) is 11.1 Å². The minimum atomic E-state index is -0.330. The van der Waals surface area contributed by atoms with Crippen LogP contribution in [0.25, 0.3) is 0 Å². The molecule has 21 heavy (non-hydrogen) atoms. The molecule has 0 amide bonds. The van der Waals surface area contributed by atoms with Crippen molar-refractivity contribution in [2.45, 2.75) is 26.9 Å². The number of rotatable bonds is 6. The van der Waals surface area contributed by atoms with Crippen molar-refractivity contribution in [2.24, 2.45) is 5.92 Å². The number of nitrogens with one attached hydrogen (secondary N) is 1. The largest absolute Gasteiger partial charge is 0.346 e. The van der Waals surface area contributed by atoms with E-state index < -0.39 is 0 Å². The Balaban J connectivity index is 2.07. The minimum absolute atomic E-state index is 0.330. The fourth-order valence-corrected chi connectivity index (χ4v) is 2.18. The van der Waals surface area contributed by atoms with Crippen LogP contribution in [0.4, 0.5) is 4.39 Å². The molecule has 4 heteroatoms. The average Bonchev–Trinajstić information content (AvgIpc) is 2.88. The summed E-state index contributed by atoms with van der Waals surface area (Å²) in [5.41, 5.74) is 2.07. The molecule has 110 valence electrons. The molecule has 2 rings (SSSR count). The lowest BCUT2D eigenvalue weighted by Gasteiger charge is -2.12. The summed E-state index contributed by atoms with van der Waals surface area (Å²) in [6.07, 6.45) is 1.95. The Bertz CT molecular complexity index is 638. The molecule has 1 heterocycles. The zero-order chi connectivity index (χ0) is 15.2. The Kier molecular flexibility index (Phi) is 5.13.